The lowest BCUT2D eigenvalue weighted by Gasteiger charge is -2.08. The molecule has 2 aromatic carbocycles. The van der Waals surface area contributed by atoms with Gasteiger partial charge in [0.25, 0.3) is 0 Å². The molecule has 0 unspecified atom stereocenters. The minimum Gasteiger partial charge on any atom is -0.493 e. The number of hydrogen-bond acceptors (Lipinski definition) is 3. The van der Waals surface area contributed by atoms with Gasteiger partial charge in [0, 0.05) is 12.2 Å². The van der Waals surface area contributed by atoms with Crippen LogP contribution in [0.2, 0.25) is 0 Å². The molecular weight excluding hydrogens is 271 g/mol. The van der Waals surface area contributed by atoms with E-state index >= 15 is 0 Å². The van der Waals surface area contributed by atoms with Crippen LogP contribution in [-0.2, 0) is 11.3 Å². The van der Waals surface area contributed by atoms with E-state index in [1.807, 2.05) is 24.3 Å². The monoisotopic (exact) mass is 288 g/mol. The fraction of sp³-hybridized carbons (Fsp3) is 0.188. The summed E-state index contributed by atoms with van der Waals surface area (Å²) in [4.78, 5) is 11.7. The molecule has 0 atom stereocenters. The first-order chi connectivity index (χ1) is 10.2. The minimum absolute atomic E-state index is 0.190. The number of carbonyl (C=O) groups excluding carboxylic acids is 1. The van der Waals surface area contributed by atoms with E-state index in [1.54, 1.807) is 12.1 Å². The summed E-state index contributed by atoms with van der Waals surface area (Å²) in [5.74, 6) is 0.0778. The van der Waals surface area contributed by atoms with E-state index in [9.17, 15) is 9.18 Å². The average Bonchev–Trinajstić information content (AvgIpc) is 2.48. The average molecular weight is 288 g/mol. The Labute approximate surface area is 122 Å². The minimum atomic E-state index is -0.385. The van der Waals surface area contributed by atoms with E-state index in [0.29, 0.717) is 18.0 Å². The predicted octanol–water partition coefficient (Wildman–Crippen LogP) is 2.69. The van der Waals surface area contributed by atoms with Crippen LogP contribution in [0.4, 0.5) is 10.1 Å². The summed E-state index contributed by atoms with van der Waals surface area (Å²) in [6.45, 7) is 0.736. The van der Waals surface area contributed by atoms with Crippen molar-refractivity contribution in [1.29, 1.82) is 0 Å². The highest BCUT2D eigenvalue weighted by Crippen LogP contribution is 2.13. The summed E-state index contributed by atoms with van der Waals surface area (Å²) < 4.78 is 18.4. The summed E-state index contributed by atoms with van der Waals surface area (Å²) in [5, 5.41) is 2.61. The summed E-state index contributed by atoms with van der Waals surface area (Å²) in [5.41, 5.74) is 6.96. The Kier molecular flexibility index (Phi) is 5.29. The van der Waals surface area contributed by atoms with Crippen molar-refractivity contribution in [3.63, 3.8) is 0 Å². The second-order valence-corrected chi connectivity index (χ2v) is 4.51. The second-order valence-electron chi connectivity index (χ2n) is 4.51. The van der Waals surface area contributed by atoms with Gasteiger partial charge in [-0.25, -0.2) is 4.39 Å². The zero-order valence-electron chi connectivity index (χ0n) is 11.5. The lowest BCUT2D eigenvalue weighted by molar-refractivity contribution is -0.116. The molecule has 1 amide bonds. The van der Waals surface area contributed by atoms with E-state index in [2.05, 4.69) is 5.32 Å². The highest BCUT2D eigenvalue weighted by atomic mass is 19.1. The molecule has 110 valence electrons. The van der Waals surface area contributed by atoms with Gasteiger partial charge in [-0.2, -0.15) is 0 Å². The third kappa shape index (κ3) is 4.89. The molecule has 0 saturated heterocycles. The van der Waals surface area contributed by atoms with Gasteiger partial charge in [0.15, 0.2) is 0 Å². The molecule has 2 rings (SSSR count). The van der Waals surface area contributed by atoms with E-state index in [0.717, 1.165) is 5.56 Å². The molecule has 5 heteroatoms. The van der Waals surface area contributed by atoms with Crippen LogP contribution in [0, 0.1) is 5.82 Å². The molecule has 0 aliphatic carbocycles. The van der Waals surface area contributed by atoms with Crippen molar-refractivity contribution in [2.24, 2.45) is 5.73 Å². The van der Waals surface area contributed by atoms with Crippen molar-refractivity contribution in [2.75, 3.05) is 11.9 Å². The lowest BCUT2D eigenvalue weighted by atomic mass is 10.2. The first-order valence-electron chi connectivity index (χ1n) is 6.64. The van der Waals surface area contributed by atoms with Crippen molar-refractivity contribution < 1.29 is 13.9 Å². The molecule has 0 aromatic heterocycles. The van der Waals surface area contributed by atoms with Crippen LogP contribution >= 0.6 is 0 Å². The molecule has 0 bridgehead atoms. The molecule has 0 aliphatic heterocycles. The lowest BCUT2D eigenvalue weighted by Crippen LogP contribution is -2.15. The molecule has 4 nitrogen and oxygen atoms in total. The third-order valence-electron chi connectivity index (χ3n) is 2.87. The first-order valence-corrected chi connectivity index (χ1v) is 6.64. The number of ether oxygens (including phenoxy) is 1. The number of carbonyl (C=O) groups is 1. The zero-order valence-corrected chi connectivity index (χ0v) is 11.5. The molecule has 21 heavy (non-hydrogen) atoms. The van der Waals surface area contributed by atoms with E-state index in [-0.39, 0.29) is 24.8 Å². The molecule has 3 N–H and O–H groups in total. The van der Waals surface area contributed by atoms with Gasteiger partial charge in [-0.3, -0.25) is 4.79 Å². The quantitative estimate of drug-likeness (QED) is 0.859. The molecule has 0 radical (unpaired) electrons. The summed E-state index contributed by atoms with van der Waals surface area (Å²) in [6.07, 6.45) is 0.190. The third-order valence-corrected chi connectivity index (χ3v) is 2.87. The number of rotatable bonds is 6. The van der Waals surface area contributed by atoms with Crippen LogP contribution in [0.15, 0.2) is 48.5 Å². The molecule has 0 aliphatic rings. The number of anilines is 1. The van der Waals surface area contributed by atoms with Crippen LogP contribution in [0.3, 0.4) is 0 Å². The van der Waals surface area contributed by atoms with Crippen molar-refractivity contribution in [3.05, 3.63) is 59.9 Å². The fourth-order valence-electron chi connectivity index (χ4n) is 1.77. The Balaban J connectivity index is 1.76. The Morgan fingerprint density at radius 2 is 1.95 bits per heavy atom. The Morgan fingerprint density at radius 3 is 2.62 bits per heavy atom. The molecule has 0 saturated carbocycles. The predicted molar refractivity (Wildman–Crippen MR) is 79.5 cm³/mol. The molecule has 0 heterocycles. The maximum atomic E-state index is 13.0. The second kappa shape index (κ2) is 7.40. The smallest absolute Gasteiger partial charge is 0.227 e. The van der Waals surface area contributed by atoms with Crippen LogP contribution in [0.25, 0.3) is 0 Å². The molecule has 0 fully saturated rings. The molecular formula is C16H17FN2O2. The van der Waals surface area contributed by atoms with Gasteiger partial charge >= 0.3 is 0 Å². The number of nitrogens with two attached hydrogens (primary N) is 1. The van der Waals surface area contributed by atoms with E-state index < -0.39 is 0 Å². The van der Waals surface area contributed by atoms with Gasteiger partial charge in [-0.1, -0.05) is 18.2 Å². The number of benzene rings is 2. The van der Waals surface area contributed by atoms with Gasteiger partial charge in [0.2, 0.25) is 5.91 Å². The van der Waals surface area contributed by atoms with Crippen molar-refractivity contribution in [1.82, 2.24) is 0 Å². The van der Waals surface area contributed by atoms with Crippen LogP contribution in [0.5, 0.6) is 5.75 Å². The Hall–Kier alpha value is -2.40. The van der Waals surface area contributed by atoms with Gasteiger partial charge < -0.3 is 15.8 Å². The maximum absolute atomic E-state index is 13.0. The Morgan fingerprint density at radius 1 is 1.19 bits per heavy atom. The van der Waals surface area contributed by atoms with Gasteiger partial charge in [-0.15, -0.1) is 0 Å². The zero-order chi connectivity index (χ0) is 15.1. The highest BCUT2D eigenvalue weighted by Gasteiger charge is 2.04. The number of hydrogen-bond donors (Lipinski definition) is 2. The molecule has 0 spiro atoms. The van der Waals surface area contributed by atoms with Crippen molar-refractivity contribution in [2.45, 2.75) is 13.0 Å². The maximum Gasteiger partial charge on any atom is 0.227 e. The Bertz CT molecular complexity index is 599. The fourth-order valence-corrected chi connectivity index (χ4v) is 1.77. The van der Waals surface area contributed by atoms with Crippen molar-refractivity contribution >= 4 is 11.6 Å². The standard InChI is InChI=1S/C16H17FN2O2/c17-13-2-1-3-14(10-13)19-16(20)8-9-21-15-6-4-12(11-18)5-7-15/h1-7,10H,8-9,11,18H2,(H,19,20). The number of nitrogens with one attached hydrogen (secondary N) is 1. The largest absolute Gasteiger partial charge is 0.493 e. The normalized spacial score (nSPS) is 10.2. The van der Waals surface area contributed by atoms with Crippen LogP contribution < -0.4 is 15.8 Å². The van der Waals surface area contributed by atoms with Crippen LogP contribution in [-0.4, -0.2) is 12.5 Å². The summed E-state index contributed by atoms with van der Waals surface area (Å²) in [7, 11) is 0. The van der Waals surface area contributed by atoms with Crippen molar-refractivity contribution in [3.8, 4) is 5.75 Å². The van der Waals surface area contributed by atoms with Gasteiger partial charge in [0.1, 0.15) is 11.6 Å². The molecule has 2 aromatic rings. The van der Waals surface area contributed by atoms with Gasteiger partial charge in [0.05, 0.1) is 13.0 Å². The van der Waals surface area contributed by atoms with Gasteiger partial charge in [-0.05, 0) is 35.9 Å². The highest BCUT2D eigenvalue weighted by molar-refractivity contribution is 5.90. The SMILES string of the molecule is NCc1ccc(OCCC(=O)Nc2cccc(F)c2)cc1. The van der Waals surface area contributed by atoms with Crippen LogP contribution in [0.1, 0.15) is 12.0 Å². The summed E-state index contributed by atoms with van der Waals surface area (Å²) >= 11 is 0. The summed E-state index contributed by atoms with van der Waals surface area (Å²) in [6, 6.07) is 13.1. The number of halogens is 1. The van der Waals surface area contributed by atoms with E-state index in [1.165, 1.54) is 12.1 Å². The topological polar surface area (TPSA) is 64.3 Å². The van der Waals surface area contributed by atoms with E-state index in [4.69, 9.17) is 10.5 Å². The number of amides is 1. The first kappa shape index (κ1) is 15.0.